The number of quaternary nitrogens is 1. The lowest BCUT2D eigenvalue weighted by molar-refractivity contribution is -0.384. The summed E-state index contributed by atoms with van der Waals surface area (Å²) in [4.78, 5) is 32.8. The van der Waals surface area contributed by atoms with Gasteiger partial charge in [-0.3, -0.25) is 19.4 Å². The number of hydrogen-bond donors (Lipinski definition) is 1. The van der Waals surface area contributed by atoms with E-state index in [0.29, 0.717) is 39.7 Å². The third-order valence-corrected chi connectivity index (χ3v) is 6.12. The summed E-state index contributed by atoms with van der Waals surface area (Å²) < 4.78 is 34.1. The van der Waals surface area contributed by atoms with Gasteiger partial charge in [0.25, 0.3) is 11.6 Å². The van der Waals surface area contributed by atoms with Gasteiger partial charge in [-0.1, -0.05) is 24.3 Å². The fraction of sp³-hybridized carbons (Fsp3) is 0.207. The van der Waals surface area contributed by atoms with Crippen LogP contribution in [0, 0.1) is 21.4 Å². The minimum atomic E-state index is -5.19. The number of halogens is 3. The molecule has 0 aliphatic heterocycles. The number of non-ortho nitro benzene ring substituents is 1. The maximum atomic E-state index is 13.2. The van der Waals surface area contributed by atoms with Crippen molar-refractivity contribution in [2.75, 3.05) is 21.1 Å². The number of carbonyl (C=O) groups excluding carboxylic acids is 2. The van der Waals surface area contributed by atoms with Crippen molar-refractivity contribution in [1.29, 1.82) is 5.26 Å². The number of nitrogens with one attached hydrogen (secondary N) is 1. The van der Waals surface area contributed by atoms with Gasteiger partial charge >= 0.3 is 6.18 Å². The number of nitrogens with zero attached hydrogens (tertiary/aromatic N) is 4. The molecule has 0 saturated heterocycles. The average molecular weight is 582 g/mol. The number of nitro benzene ring substituents is 1. The van der Waals surface area contributed by atoms with Crippen molar-refractivity contribution < 1.29 is 32.8 Å². The van der Waals surface area contributed by atoms with Gasteiger partial charge in [0.15, 0.2) is 0 Å². The van der Waals surface area contributed by atoms with E-state index >= 15 is 0 Å². The zero-order valence-electron chi connectivity index (χ0n) is 22.8. The molecule has 1 aromatic heterocycles. The number of nitriles is 1. The highest BCUT2D eigenvalue weighted by atomic mass is 19.4. The molecule has 0 aliphatic rings. The van der Waals surface area contributed by atoms with Crippen molar-refractivity contribution in [2.24, 2.45) is 0 Å². The number of fused-ring (bicyclic) bond motifs is 1. The summed E-state index contributed by atoms with van der Waals surface area (Å²) in [7, 11) is 6.27. The molecule has 1 heterocycles. The van der Waals surface area contributed by atoms with E-state index in [9.17, 15) is 33.3 Å². The lowest BCUT2D eigenvalue weighted by atomic mass is 10.1. The SMILES string of the molecule is C[N+](C)(C)c1ccc(CNC(=O)c2cc3cc([N+](=O)[O-])ccc3n2Cc2cccc(C#N)c2)cc1.O=C([O-])C(F)(F)F. The van der Waals surface area contributed by atoms with E-state index in [1.165, 1.54) is 12.1 Å². The number of carbonyl (C=O) groups is 2. The highest BCUT2D eigenvalue weighted by Crippen LogP contribution is 2.26. The molecule has 0 aliphatic carbocycles. The quantitative estimate of drug-likeness (QED) is 0.199. The molecular weight excluding hydrogens is 555 g/mol. The Kier molecular flexibility index (Phi) is 9.34. The Hall–Kier alpha value is -5.22. The molecule has 0 radical (unpaired) electrons. The largest absolute Gasteiger partial charge is 0.542 e. The smallest absolute Gasteiger partial charge is 0.430 e. The molecule has 0 fully saturated rings. The second kappa shape index (κ2) is 12.5. The average Bonchev–Trinajstić information content (AvgIpc) is 3.29. The molecule has 0 atom stereocenters. The molecule has 4 aromatic rings. The first-order valence-corrected chi connectivity index (χ1v) is 12.3. The van der Waals surface area contributed by atoms with Gasteiger partial charge < -0.3 is 19.8 Å². The molecule has 4 rings (SSSR count). The number of hydrogen-bond acceptors (Lipinski definition) is 6. The van der Waals surface area contributed by atoms with E-state index in [0.717, 1.165) is 16.8 Å². The molecule has 0 spiro atoms. The maximum absolute atomic E-state index is 13.2. The highest BCUT2D eigenvalue weighted by molar-refractivity contribution is 5.99. The fourth-order valence-corrected chi connectivity index (χ4v) is 3.99. The lowest BCUT2D eigenvalue weighted by Gasteiger charge is -2.23. The topological polar surface area (TPSA) is 141 Å². The number of aliphatic carboxylic acids is 1. The van der Waals surface area contributed by atoms with Gasteiger partial charge in [0, 0.05) is 36.1 Å². The van der Waals surface area contributed by atoms with Gasteiger partial charge in [-0.15, -0.1) is 0 Å². The first-order chi connectivity index (χ1) is 19.6. The molecule has 3 aromatic carbocycles. The summed E-state index contributed by atoms with van der Waals surface area (Å²) in [5.41, 5.74) is 4.56. The van der Waals surface area contributed by atoms with Crippen LogP contribution in [0.2, 0.25) is 0 Å². The van der Waals surface area contributed by atoms with E-state index < -0.39 is 17.1 Å². The predicted molar refractivity (Wildman–Crippen MR) is 147 cm³/mol. The number of carboxylic acid groups (broad SMARTS) is 1. The molecule has 0 unspecified atom stereocenters. The Labute approximate surface area is 238 Å². The van der Waals surface area contributed by atoms with Crippen LogP contribution in [-0.2, 0) is 17.9 Å². The number of carboxylic acids is 1. The zero-order valence-corrected chi connectivity index (χ0v) is 22.8. The van der Waals surface area contributed by atoms with Crippen molar-refractivity contribution in [1.82, 2.24) is 14.4 Å². The Morgan fingerprint density at radius 2 is 1.64 bits per heavy atom. The van der Waals surface area contributed by atoms with Crippen LogP contribution in [0.15, 0.2) is 72.8 Å². The zero-order chi connectivity index (χ0) is 31.2. The van der Waals surface area contributed by atoms with Crippen LogP contribution >= 0.6 is 0 Å². The van der Waals surface area contributed by atoms with Crippen LogP contribution in [-0.4, -0.2) is 48.7 Å². The molecule has 42 heavy (non-hydrogen) atoms. The molecule has 1 amide bonds. The molecule has 10 nitrogen and oxygen atoms in total. The van der Waals surface area contributed by atoms with Crippen molar-refractivity contribution in [3.8, 4) is 6.07 Å². The minimum Gasteiger partial charge on any atom is -0.542 e. The summed E-state index contributed by atoms with van der Waals surface area (Å²) >= 11 is 0. The second-order valence-corrected chi connectivity index (χ2v) is 10.1. The standard InChI is InChI=1S/C27H25N5O3.C2HF3O2/c1-32(2,3)24-10-7-19(8-11-24)17-29-27(33)26-15-22-14-23(31(34)35)9-12-25(22)30(26)18-21-6-4-5-20(13-21)16-28;3-2(4,5)1(6)7/h4-15H,17-18H2,1-3H3;(H,6,7). The molecule has 0 saturated carbocycles. The number of rotatable bonds is 7. The lowest BCUT2D eigenvalue weighted by Crippen LogP contribution is -2.37. The number of nitro groups is 1. The Bertz CT molecular complexity index is 1670. The monoisotopic (exact) mass is 581 g/mol. The van der Waals surface area contributed by atoms with E-state index in [1.807, 2.05) is 34.9 Å². The van der Waals surface area contributed by atoms with Crippen LogP contribution in [0.1, 0.15) is 27.2 Å². The number of benzene rings is 3. The Balaban J connectivity index is 0.000000616. The number of amides is 1. The first-order valence-electron chi connectivity index (χ1n) is 12.3. The van der Waals surface area contributed by atoms with Crippen molar-refractivity contribution >= 4 is 34.2 Å². The Morgan fingerprint density at radius 1 is 1.00 bits per heavy atom. The van der Waals surface area contributed by atoms with Crippen molar-refractivity contribution in [3.63, 3.8) is 0 Å². The molecule has 0 bridgehead atoms. The van der Waals surface area contributed by atoms with Crippen LogP contribution in [0.25, 0.3) is 10.9 Å². The van der Waals surface area contributed by atoms with Crippen molar-refractivity contribution in [2.45, 2.75) is 19.3 Å². The fourth-order valence-electron chi connectivity index (χ4n) is 3.99. The Morgan fingerprint density at radius 3 is 2.19 bits per heavy atom. The maximum Gasteiger partial charge on any atom is 0.430 e. The van der Waals surface area contributed by atoms with E-state index in [4.69, 9.17) is 9.90 Å². The summed E-state index contributed by atoms with van der Waals surface area (Å²) in [5.74, 6) is -3.29. The van der Waals surface area contributed by atoms with Crippen LogP contribution in [0.3, 0.4) is 0 Å². The van der Waals surface area contributed by atoms with Crippen LogP contribution in [0.5, 0.6) is 0 Å². The molecule has 13 heteroatoms. The van der Waals surface area contributed by atoms with Crippen LogP contribution < -0.4 is 14.9 Å². The summed E-state index contributed by atoms with van der Waals surface area (Å²) in [6.07, 6.45) is -5.19. The predicted octanol–water partition coefficient (Wildman–Crippen LogP) is 3.89. The summed E-state index contributed by atoms with van der Waals surface area (Å²) in [6.45, 7) is 0.694. The van der Waals surface area contributed by atoms with Gasteiger partial charge in [-0.25, -0.2) is 0 Å². The minimum absolute atomic E-state index is 0.0366. The molecular formula is C29H26F3N5O5. The second-order valence-electron chi connectivity index (χ2n) is 10.1. The van der Waals surface area contributed by atoms with E-state index in [-0.39, 0.29) is 11.6 Å². The van der Waals surface area contributed by atoms with Gasteiger partial charge in [0.2, 0.25) is 0 Å². The highest BCUT2D eigenvalue weighted by Gasteiger charge is 2.28. The van der Waals surface area contributed by atoms with Crippen LogP contribution in [0.4, 0.5) is 24.5 Å². The summed E-state index contributed by atoms with van der Waals surface area (Å²) in [5, 5.41) is 32.9. The third-order valence-electron chi connectivity index (χ3n) is 6.12. The van der Waals surface area contributed by atoms with Gasteiger partial charge in [-0.2, -0.15) is 18.4 Å². The molecule has 218 valence electrons. The van der Waals surface area contributed by atoms with E-state index in [1.54, 1.807) is 30.3 Å². The van der Waals surface area contributed by atoms with Gasteiger partial charge in [0.05, 0.1) is 37.7 Å². The first kappa shape index (κ1) is 31.3. The normalized spacial score (nSPS) is 11.3. The molecule has 1 N–H and O–H groups in total. The number of aromatic nitrogens is 1. The third kappa shape index (κ3) is 7.92. The van der Waals surface area contributed by atoms with Crippen molar-refractivity contribution in [3.05, 3.63) is 105 Å². The summed E-state index contributed by atoms with van der Waals surface area (Å²) in [6, 6.07) is 23.6. The van der Waals surface area contributed by atoms with Gasteiger partial charge in [-0.05, 0) is 47.5 Å². The number of alkyl halides is 3. The van der Waals surface area contributed by atoms with E-state index in [2.05, 4.69) is 32.5 Å². The van der Waals surface area contributed by atoms with Gasteiger partial charge in [0.1, 0.15) is 17.4 Å².